The average Bonchev–Trinajstić information content (AvgIpc) is 2.38. The van der Waals surface area contributed by atoms with Crippen molar-refractivity contribution in [1.82, 2.24) is 0 Å². The second-order valence-corrected chi connectivity index (χ2v) is 4.64. The Morgan fingerprint density at radius 2 is 1.89 bits per heavy atom. The predicted octanol–water partition coefficient (Wildman–Crippen LogP) is 3.30. The molecule has 0 saturated heterocycles. The second kappa shape index (κ2) is 5.60. The molecule has 90 valence electrons. The number of nitrogens with two attached hydrogens (primary N) is 1. The Morgan fingerprint density at radius 3 is 2.56 bits per heavy atom. The Kier molecular flexibility index (Phi) is 3.89. The summed E-state index contributed by atoms with van der Waals surface area (Å²) in [7, 11) is 0. The van der Waals surface area contributed by atoms with E-state index in [9.17, 15) is 4.79 Å². The zero-order valence-corrected chi connectivity index (χ0v) is 11.1. The van der Waals surface area contributed by atoms with Crippen molar-refractivity contribution in [2.24, 2.45) is 10.7 Å². The molecule has 0 aliphatic carbocycles. The predicted molar refractivity (Wildman–Crippen MR) is 76.4 cm³/mol. The third-order valence-electron chi connectivity index (χ3n) is 2.36. The number of halogens is 1. The van der Waals surface area contributed by atoms with Crippen molar-refractivity contribution >= 4 is 33.7 Å². The van der Waals surface area contributed by atoms with Crippen molar-refractivity contribution in [3.63, 3.8) is 0 Å². The van der Waals surface area contributed by atoms with E-state index < -0.39 is 5.91 Å². The van der Waals surface area contributed by atoms with Gasteiger partial charge in [-0.2, -0.15) is 0 Å². The van der Waals surface area contributed by atoms with Crippen LogP contribution >= 0.6 is 15.9 Å². The molecule has 0 atom stereocenters. The molecular weight excluding hydrogens is 292 g/mol. The number of rotatable bonds is 3. The van der Waals surface area contributed by atoms with Gasteiger partial charge in [-0.3, -0.25) is 9.79 Å². The van der Waals surface area contributed by atoms with E-state index in [0.29, 0.717) is 11.3 Å². The minimum Gasteiger partial charge on any atom is -0.366 e. The summed E-state index contributed by atoms with van der Waals surface area (Å²) in [6.07, 6.45) is 1.74. The maximum absolute atomic E-state index is 11.0. The molecule has 0 aliphatic rings. The fourth-order valence-electron chi connectivity index (χ4n) is 1.44. The normalized spacial score (nSPS) is 10.7. The van der Waals surface area contributed by atoms with E-state index in [1.165, 1.54) is 0 Å². The molecule has 0 unspecified atom stereocenters. The van der Waals surface area contributed by atoms with Gasteiger partial charge in [0, 0.05) is 16.3 Å². The summed E-state index contributed by atoms with van der Waals surface area (Å²) in [5, 5.41) is 0. The topological polar surface area (TPSA) is 55.5 Å². The van der Waals surface area contributed by atoms with Gasteiger partial charge in [0.15, 0.2) is 0 Å². The first kappa shape index (κ1) is 12.5. The number of hydrogen-bond acceptors (Lipinski definition) is 2. The lowest BCUT2D eigenvalue weighted by molar-refractivity contribution is 0.100. The lowest BCUT2D eigenvalue weighted by Gasteiger charge is -1.97. The van der Waals surface area contributed by atoms with Crippen molar-refractivity contribution in [3.05, 3.63) is 64.1 Å². The molecule has 0 heterocycles. The van der Waals surface area contributed by atoms with E-state index in [0.717, 1.165) is 10.0 Å². The molecule has 0 aromatic heterocycles. The van der Waals surface area contributed by atoms with Crippen LogP contribution < -0.4 is 5.73 Å². The summed E-state index contributed by atoms with van der Waals surface area (Å²) >= 11 is 3.37. The molecule has 2 aromatic rings. The molecule has 0 spiro atoms. The number of benzene rings is 2. The van der Waals surface area contributed by atoms with Gasteiger partial charge in [0.05, 0.1) is 5.69 Å². The van der Waals surface area contributed by atoms with Crippen LogP contribution in [0.15, 0.2) is 58.0 Å². The van der Waals surface area contributed by atoms with Gasteiger partial charge in [-0.15, -0.1) is 0 Å². The van der Waals surface area contributed by atoms with E-state index in [4.69, 9.17) is 5.73 Å². The quantitative estimate of drug-likeness (QED) is 0.869. The number of hydrogen-bond donors (Lipinski definition) is 1. The first-order valence-corrected chi connectivity index (χ1v) is 6.14. The smallest absolute Gasteiger partial charge is 0.248 e. The molecule has 0 fully saturated rings. The van der Waals surface area contributed by atoms with Crippen LogP contribution in [0.1, 0.15) is 15.9 Å². The first-order valence-electron chi connectivity index (χ1n) is 5.34. The monoisotopic (exact) mass is 302 g/mol. The highest BCUT2D eigenvalue weighted by Gasteiger charge is 1.99. The Bertz CT molecular complexity index is 591. The highest BCUT2D eigenvalue weighted by molar-refractivity contribution is 9.10. The summed E-state index contributed by atoms with van der Waals surface area (Å²) in [5.74, 6) is -0.448. The molecule has 3 nitrogen and oxygen atoms in total. The van der Waals surface area contributed by atoms with Gasteiger partial charge in [-0.1, -0.05) is 34.1 Å². The summed E-state index contributed by atoms with van der Waals surface area (Å²) in [5.41, 5.74) is 7.36. The van der Waals surface area contributed by atoms with Gasteiger partial charge >= 0.3 is 0 Å². The Morgan fingerprint density at radius 1 is 1.17 bits per heavy atom. The van der Waals surface area contributed by atoms with E-state index in [1.54, 1.807) is 24.4 Å². The lowest BCUT2D eigenvalue weighted by Crippen LogP contribution is -2.10. The molecule has 2 aromatic carbocycles. The van der Waals surface area contributed by atoms with Crippen molar-refractivity contribution in [3.8, 4) is 0 Å². The molecule has 0 aliphatic heterocycles. The number of carbonyl (C=O) groups is 1. The van der Waals surface area contributed by atoms with Gasteiger partial charge in [-0.05, 0) is 35.9 Å². The standard InChI is InChI=1S/C14H11BrN2O/c15-12-6-4-10(5-7-12)9-17-13-3-1-2-11(8-13)14(16)18/h1-9H,(H2,16,18). The summed E-state index contributed by atoms with van der Waals surface area (Å²) < 4.78 is 1.02. The molecule has 0 saturated carbocycles. The number of nitrogens with zero attached hydrogens (tertiary/aromatic N) is 1. The molecule has 2 N–H and O–H groups in total. The van der Waals surface area contributed by atoms with Crippen LogP contribution in [0.2, 0.25) is 0 Å². The number of primary amides is 1. The average molecular weight is 303 g/mol. The van der Waals surface area contributed by atoms with E-state index in [2.05, 4.69) is 20.9 Å². The number of aliphatic imine (C=N–C) groups is 1. The van der Waals surface area contributed by atoms with Gasteiger partial charge in [0.1, 0.15) is 0 Å². The van der Waals surface area contributed by atoms with Crippen LogP contribution in [0.4, 0.5) is 5.69 Å². The maximum Gasteiger partial charge on any atom is 0.248 e. The molecule has 18 heavy (non-hydrogen) atoms. The van der Waals surface area contributed by atoms with Gasteiger partial charge in [0.25, 0.3) is 0 Å². The van der Waals surface area contributed by atoms with Gasteiger partial charge in [-0.25, -0.2) is 0 Å². The summed E-state index contributed by atoms with van der Waals surface area (Å²) in [6.45, 7) is 0. The van der Waals surface area contributed by atoms with Crippen molar-refractivity contribution in [2.75, 3.05) is 0 Å². The third kappa shape index (κ3) is 3.28. The fourth-order valence-corrected chi connectivity index (χ4v) is 1.70. The molecule has 0 radical (unpaired) electrons. The number of amides is 1. The SMILES string of the molecule is NC(=O)c1cccc(N=Cc2ccc(Br)cc2)c1. The van der Waals surface area contributed by atoms with Crippen LogP contribution in [0.5, 0.6) is 0 Å². The lowest BCUT2D eigenvalue weighted by atomic mass is 10.2. The van der Waals surface area contributed by atoms with Crippen LogP contribution in [0.25, 0.3) is 0 Å². The Balaban J connectivity index is 2.20. The maximum atomic E-state index is 11.0. The third-order valence-corrected chi connectivity index (χ3v) is 2.89. The van der Waals surface area contributed by atoms with E-state index in [-0.39, 0.29) is 0 Å². The first-order chi connectivity index (χ1) is 8.65. The molecule has 4 heteroatoms. The van der Waals surface area contributed by atoms with Crippen LogP contribution in [0, 0.1) is 0 Å². The fraction of sp³-hybridized carbons (Fsp3) is 0. The Labute approximate surface area is 113 Å². The molecule has 1 amide bonds. The minimum absolute atomic E-state index is 0.448. The summed E-state index contributed by atoms with van der Waals surface area (Å²) in [4.78, 5) is 15.3. The van der Waals surface area contributed by atoms with Crippen LogP contribution in [-0.4, -0.2) is 12.1 Å². The van der Waals surface area contributed by atoms with Crippen molar-refractivity contribution in [2.45, 2.75) is 0 Å². The second-order valence-electron chi connectivity index (χ2n) is 3.72. The number of carbonyl (C=O) groups excluding carboxylic acids is 1. The van der Waals surface area contributed by atoms with E-state index in [1.807, 2.05) is 30.3 Å². The zero-order valence-electron chi connectivity index (χ0n) is 9.51. The minimum atomic E-state index is -0.448. The molecule has 0 bridgehead atoms. The van der Waals surface area contributed by atoms with Crippen LogP contribution in [-0.2, 0) is 0 Å². The summed E-state index contributed by atoms with van der Waals surface area (Å²) in [6, 6.07) is 14.7. The highest BCUT2D eigenvalue weighted by atomic mass is 79.9. The van der Waals surface area contributed by atoms with Gasteiger partial charge in [0.2, 0.25) is 5.91 Å². The Hall–Kier alpha value is -1.94. The van der Waals surface area contributed by atoms with Crippen molar-refractivity contribution in [1.29, 1.82) is 0 Å². The largest absolute Gasteiger partial charge is 0.366 e. The zero-order chi connectivity index (χ0) is 13.0. The molecular formula is C14H11BrN2O. The van der Waals surface area contributed by atoms with Crippen molar-refractivity contribution < 1.29 is 4.79 Å². The highest BCUT2D eigenvalue weighted by Crippen LogP contribution is 2.14. The van der Waals surface area contributed by atoms with Crippen LogP contribution in [0.3, 0.4) is 0 Å². The van der Waals surface area contributed by atoms with Gasteiger partial charge < -0.3 is 5.73 Å². The van der Waals surface area contributed by atoms with E-state index >= 15 is 0 Å². The molecule has 2 rings (SSSR count).